The van der Waals surface area contributed by atoms with Crippen LogP contribution in [0.3, 0.4) is 0 Å². The fraction of sp³-hybridized carbons (Fsp3) is 0.353. The Hall–Kier alpha value is -2.88. The Morgan fingerprint density at radius 2 is 2.11 bits per heavy atom. The summed E-state index contributed by atoms with van der Waals surface area (Å²) in [5.41, 5.74) is 1.91. The number of furan rings is 1. The first-order chi connectivity index (χ1) is 12.8. The number of sulfonamides is 1. The van der Waals surface area contributed by atoms with Crippen LogP contribution in [-0.2, 0) is 16.4 Å². The molecule has 9 nitrogen and oxygen atoms in total. The van der Waals surface area contributed by atoms with Crippen molar-refractivity contribution in [3.05, 3.63) is 51.8 Å². The van der Waals surface area contributed by atoms with E-state index in [1.807, 2.05) is 6.92 Å². The number of hydrogen-bond donors (Lipinski definition) is 1. The van der Waals surface area contributed by atoms with E-state index in [4.69, 9.17) is 4.42 Å². The van der Waals surface area contributed by atoms with Gasteiger partial charge in [-0.3, -0.25) is 19.2 Å². The molecule has 144 valence electrons. The van der Waals surface area contributed by atoms with Gasteiger partial charge in [0.25, 0.3) is 5.91 Å². The third kappa shape index (κ3) is 3.95. The van der Waals surface area contributed by atoms with Crippen molar-refractivity contribution in [1.82, 2.24) is 0 Å². The number of nitro groups is 1. The molecule has 0 radical (unpaired) electrons. The lowest BCUT2D eigenvalue weighted by Crippen LogP contribution is -2.37. The number of amides is 1. The van der Waals surface area contributed by atoms with Crippen LogP contribution in [0.4, 0.5) is 17.3 Å². The summed E-state index contributed by atoms with van der Waals surface area (Å²) < 4.78 is 31.2. The normalized spacial score (nSPS) is 13.9. The topological polar surface area (TPSA) is 123 Å². The SMILES string of the molecule is CCCS(=O)(=O)N1CCCc2cc(NC(=O)c3ccc([N+](=O)[O-])o3)ccc21. The highest BCUT2D eigenvalue weighted by atomic mass is 32.2. The van der Waals surface area contributed by atoms with Crippen LogP contribution in [0.2, 0.25) is 0 Å². The number of hydrogen-bond acceptors (Lipinski definition) is 6. The molecule has 1 N–H and O–H groups in total. The van der Waals surface area contributed by atoms with Crippen LogP contribution in [0.25, 0.3) is 0 Å². The van der Waals surface area contributed by atoms with Crippen molar-refractivity contribution in [2.45, 2.75) is 26.2 Å². The van der Waals surface area contributed by atoms with Gasteiger partial charge in [-0.05, 0) is 49.1 Å². The van der Waals surface area contributed by atoms with Crippen molar-refractivity contribution < 1.29 is 22.6 Å². The number of fused-ring (bicyclic) bond motifs is 1. The van der Waals surface area contributed by atoms with E-state index in [9.17, 15) is 23.3 Å². The van der Waals surface area contributed by atoms with Crippen LogP contribution in [0, 0.1) is 10.1 Å². The van der Waals surface area contributed by atoms with E-state index in [0.717, 1.165) is 11.6 Å². The number of rotatable bonds is 6. The molecule has 2 heterocycles. The first-order valence-corrected chi connectivity index (χ1v) is 10.1. The van der Waals surface area contributed by atoms with Gasteiger partial charge in [0.15, 0.2) is 5.76 Å². The van der Waals surface area contributed by atoms with Crippen molar-refractivity contribution in [1.29, 1.82) is 0 Å². The van der Waals surface area contributed by atoms with Gasteiger partial charge in [-0.15, -0.1) is 0 Å². The number of aryl methyl sites for hydroxylation is 1. The van der Waals surface area contributed by atoms with Gasteiger partial charge in [0.05, 0.1) is 17.5 Å². The first-order valence-electron chi connectivity index (χ1n) is 8.50. The average molecular weight is 393 g/mol. The monoisotopic (exact) mass is 393 g/mol. The molecule has 0 bridgehead atoms. The summed E-state index contributed by atoms with van der Waals surface area (Å²) in [7, 11) is -3.36. The maximum atomic E-state index is 12.4. The Bertz CT molecular complexity index is 982. The predicted octanol–water partition coefficient (Wildman–Crippen LogP) is 2.93. The summed E-state index contributed by atoms with van der Waals surface area (Å²) in [6.45, 7) is 2.26. The molecule has 10 heteroatoms. The number of nitrogens with one attached hydrogen (secondary N) is 1. The third-order valence-electron chi connectivity index (χ3n) is 4.21. The van der Waals surface area contributed by atoms with E-state index in [2.05, 4.69) is 5.32 Å². The van der Waals surface area contributed by atoms with Crippen LogP contribution in [-0.4, -0.2) is 31.5 Å². The highest BCUT2D eigenvalue weighted by Gasteiger charge is 2.27. The minimum absolute atomic E-state index is 0.0855. The quantitative estimate of drug-likeness (QED) is 0.594. The molecular weight excluding hydrogens is 374 g/mol. The van der Waals surface area contributed by atoms with Crippen LogP contribution in [0.1, 0.15) is 35.9 Å². The van der Waals surface area contributed by atoms with Gasteiger partial charge in [0.1, 0.15) is 4.92 Å². The van der Waals surface area contributed by atoms with E-state index in [0.29, 0.717) is 37.2 Å². The second kappa shape index (κ2) is 7.39. The smallest absolute Gasteiger partial charge is 0.395 e. The number of benzene rings is 1. The van der Waals surface area contributed by atoms with Crippen LogP contribution < -0.4 is 9.62 Å². The van der Waals surface area contributed by atoms with Gasteiger partial charge in [-0.25, -0.2) is 8.42 Å². The van der Waals surface area contributed by atoms with Crippen LogP contribution in [0.5, 0.6) is 0 Å². The van der Waals surface area contributed by atoms with Gasteiger partial charge in [0.2, 0.25) is 10.0 Å². The molecule has 27 heavy (non-hydrogen) atoms. The summed E-state index contributed by atoms with van der Waals surface area (Å²) in [5, 5.41) is 13.3. The Morgan fingerprint density at radius 1 is 1.33 bits per heavy atom. The average Bonchev–Trinajstić information content (AvgIpc) is 3.11. The van der Waals surface area contributed by atoms with Crippen LogP contribution >= 0.6 is 0 Å². The molecule has 0 fully saturated rings. The Morgan fingerprint density at radius 3 is 2.78 bits per heavy atom. The molecule has 0 atom stereocenters. The summed E-state index contributed by atoms with van der Waals surface area (Å²) in [4.78, 5) is 22.1. The van der Waals surface area contributed by atoms with Crippen molar-refractivity contribution in [2.75, 3.05) is 21.9 Å². The summed E-state index contributed by atoms with van der Waals surface area (Å²) >= 11 is 0. The zero-order chi connectivity index (χ0) is 19.6. The summed E-state index contributed by atoms with van der Waals surface area (Å²) in [6.07, 6.45) is 1.93. The molecule has 1 aromatic heterocycles. The first kappa shape index (κ1) is 18.9. The molecule has 0 saturated heterocycles. The van der Waals surface area contributed by atoms with Gasteiger partial charge < -0.3 is 9.73 Å². The highest BCUT2D eigenvalue weighted by molar-refractivity contribution is 7.92. The van der Waals surface area contributed by atoms with Crippen molar-refractivity contribution in [3.8, 4) is 0 Å². The highest BCUT2D eigenvalue weighted by Crippen LogP contribution is 2.32. The number of carbonyl (C=O) groups excluding carboxylic acids is 1. The van der Waals surface area contributed by atoms with Gasteiger partial charge >= 0.3 is 5.88 Å². The van der Waals surface area contributed by atoms with Gasteiger partial charge in [-0.1, -0.05) is 6.92 Å². The molecule has 0 saturated carbocycles. The molecule has 1 amide bonds. The second-order valence-electron chi connectivity index (χ2n) is 6.18. The maximum Gasteiger partial charge on any atom is 0.433 e. The minimum Gasteiger partial charge on any atom is -0.395 e. The fourth-order valence-electron chi connectivity index (χ4n) is 3.04. The van der Waals surface area contributed by atoms with Gasteiger partial charge in [-0.2, -0.15) is 0 Å². The Balaban J connectivity index is 1.81. The molecule has 0 aliphatic carbocycles. The van der Waals surface area contributed by atoms with Crippen molar-refractivity contribution >= 4 is 33.2 Å². The largest absolute Gasteiger partial charge is 0.433 e. The molecule has 1 aliphatic rings. The lowest BCUT2D eigenvalue weighted by atomic mass is 10.0. The Kier molecular flexibility index (Phi) is 5.17. The standard InChI is InChI=1S/C17H19N3O6S/c1-2-10-27(24,25)19-9-3-4-12-11-13(5-6-14(12)19)18-17(21)15-7-8-16(26-15)20(22)23/h5-8,11H,2-4,9-10H2,1H3,(H,18,21). The van der Waals surface area contributed by atoms with E-state index in [-0.39, 0.29) is 11.5 Å². The molecule has 0 unspecified atom stereocenters. The van der Waals surface area contributed by atoms with E-state index >= 15 is 0 Å². The second-order valence-corrected chi connectivity index (χ2v) is 8.20. The van der Waals surface area contributed by atoms with Crippen LogP contribution in [0.15, 0.2) is 34.7 Å². The number of nitrogens with zero attached hydrogens (tertiary/aromatic N) is 2. The molecule has 1 aromatic carbocycles. The summed E-state index contributed by atoms with van der Waals surface area (Å²) in [5.74, 6) is -1.22. The molecule has 2 aromatic rings. The third-order valence-corrected chi connectivity index (χ3v) is 6.18. The molecular formula is C17H19N3O6S. The van der Waals surface area contributed by atoms with E-state index in [1.165, 1.54) is 10.4 Å². The predicted molar refractivity (Wildman–Crippen MR) is 99.5 cm³/mol. The number of anilines is 2. The molecule has 3 rings (SSSR count). The van der Waals surface area contributed by atoms with Gasteiger partial charge in [0, 0.05) is 12.2 Å². The minimum atomic E-state index is -3.36. The number of carbonyl (C=O) groups is 1. The zero-order valence-corrected chi connectivity index (χ0v) is 15.5. The Labute approximate surface area is 156 Å². The van der Waals surface area contributed by atoms with E-state index < -0.39 is 26.7 Å². The van der Waals surface area contributed by atoms with Crippen molar-refractivity contribution in [3.63, 3.8) is 0 Å². The van der Waals surface area contributed by atoms with E-state index in [1.54, 1.807) is 18.2 Å². The molecule has 0 spiro atoms. The lowest BCUT2D eigenvalue weighted by molar-refractivity contribution is -0.402. The lowest BCUT2D eigenvalue weighted by Gasteiger charge is -2.30. The molecule has 1 aliphatic heterocycles. The zero-order valence-electron chi connectivity index (χ0n) is 14.7. The summed E-state index contributed by atoms with van der Waals surface area (Å²) in [6, 6.07) is 7.33. The van der Waals surface area contributed by atoms with Crippen molar-refractivity contribution in [2.24, 2.45) is 0 Å². The fourth-order valence-corrected chi connectivity index (χ4v) is 4.66. The maximum absolute atomic E-state index is 12.4.